The van der Waals surface area contributed by atoms with Crippen molar-refractivity contribution in [3.63, 3.8) is 0 Å². The Bertz CT molecular complexity index is 2650. The number of rotatable bonds is 9. The molecule has 0 spiro atoms. The molecule has 17 nitrogen and oxygen atoms in total. The fourth-order valence-electron chi connectivity index (χ4n) is 9.70. The fourth-order valence-corrected chi connectivity index (χ4v) is 9.70. The van der Waals surface area contributed by atoms with E-state index < -0.39 is 30.0 Å². The summed E-state index contributed by atoms with van der Waals surface area (Å²) in [5.74, 6) is 6.35. The van der Waals surface area contributed by atoms with Crippen molar-refractivity contribution < 1.29 is 27.9 Å². The molecule has 4 fully saturated rings. The molecular formula is C44H52F2N12O5. The second-order valence-corrected chi connectivity index (χ2v) is 17.3. The largest absolute Gasteiger partial charge is 0.372 e. The highest BCUT2D eigenvalue weighted by Gasteiger charge is 2.33. The number of nitrogens with zero attached hydrogens (tertiary/aromatic N) is 10. The molecule has 2 N–H and O–H groups in total. The number of piperazine rings is 1. The number of halogens is 2. The van der Waals surface area contributed by atoms with E-state index in [2.05, 4.69) is 47.4 Å². The molecule has 3 aliphatic heterocycles. The number of benzene rings is 1. The van der Waals surface area contributed by atoms with Crippen molar-refractivity contribution in [3.8, 4) is 11.8 Å². The van der Waals surface area contributed by atoms with Crippen LogP contribution in [0.1, 0.15) is 92.5 Å². The number of alkyl halides is 2. The number of morpholine rings is 1. The summed E-state index contributed by atoms with van der Waals surface area (Å²) in [5.41, 5.74) is 1.70. The number of amides is 3. The van der Waals surface area contributed by atoms with E-state index in [1.807, 2.05) is 38.1 Å². The molecule has 332 valence electrons. The molecule has 3 amide bonds. The molecule has 3 unspecified atom stereocenters. The highest BCUT2D eigenvalue weighted by molar-refractivity contribution is 6.08. The molecule has 4 aliphatic rings. The smallest absolute Gasteiger partial charge is 0.329 e. The van der Waals surface area contributed by atoms with Crippen LogP contribution in [0.4, 0.5) is 20.3 Å². The summed E-state index contributed by atoms with van der Waals surface area (Å²) in [7, 11) is 1.67. The predicted octanol–water partition coefficient (Wildman–Crippen LogP) is 3.76. The van der Waals surface area contributed by atoms with Crippen LogP contribution in [-0.2, 0) is 21.4 Å². The highest BCUT2D eigenvalue weighted by Crippen LogP contribution is 2.36. The van der Waals surface area contributed by atoms with Crippen molar-refractivity contribution in [1.29, 1.82) is 0 Å². The Hall–Kier alpha value is -5.97. The number of hydrogen-bond acceptors (Lipinski definition) is 11. The Morgan fingerprint density at radius 2 is 1.75 bits per heavy atom. The first-order chi connectivity index (χ1) is 30.4. The highest BCUT2D eigenvalue weighted by atomic mass is 19.3. The zero-order chi connectivity index (χ0) is 43.9. The Morgan fingerprint density at radius 1 is 1.00 bits per heavy atom. The molecule has 19 heteroatoms. The van der Waals surface area contributed by atoms with Gasteiger partial charge in [-0.1, -0.05) is 17.9 Å². The molecule has 63 heavy (non-hydrogen) atoms. The van der Waals surface area contributed by atoms with Crippen molar-refractivity contribution >= 4 is 45.9 Å². The number of aryl methyl sites for hydroxylation is 1. The van der Waals surface area contributed by atoms with Crippen molar-refractivity contribution in [2.75, 3.05) is 62.6 Å². The minimum atomic E-state index is -2.87. The topological polar surface area (TPSA) is 169 Å². The number of carbonyl (C=O) groups is 3. The summed E-state index contributed by atoms with van der Waals surface area (Å²) in [6.07, 6.45) is 5.77. The van der Waals surface area contributed by atoms with Crippen LogP contribution in [-0.4, -0.2) is 126 Å². The van der Waals surface area contributed by atoms with Gasteiger partial charge in [0.05, 0.1) is 53.3 Å². The van der Waals surface area contributed by atoms with Gasteiger partial charge in [0.15, 0.2) is 11.3 Å². The zero-order valence-electron chi connectivity index (χ0n) is 35.7. The number of fused-ring (bicyclic) bond motifs is 2. The van der Waals surface area contributed by atoms with E-state index in [1.165, 1.54) is 26.0 Å². The number of para-hydroxylation sites is 1. The van der Waals surface area contributed by atoms with Gasteiger partial charge in [0.2, 0.25) is 11.8 Å². The lowest BCUT2D eigenvalue weighted by Gasteiger charge is -2.37. The summed E-state index contributed by atoms with van der Waals surface area (Å²) in [6.45, 7) is 10.4. The van der Waals surface area contributed by atoms with Gasteiger partial charge >= 0.3 is 5.69 Å². The van der Waals surface area contributed by atoms with Crippen LogP contribution >= 0.6 is 0 Å². The van der Waals surface area contributed by atoms with Gasteiger partial charge in [0, 0.05) is 71.7 Å². The van der Waals surface area contributed by atoms with E-state index in [1.54, 1.807) is 17.9 Å². The summed E-state index contributed by atoms with van der Waals surface area (Å²) in [5, 5.41) is 13.6. The van der Waals surface area contributed by atoms with E-state index in [4.69, 9.17) is 9.72 Å². The maximum atomic E-state index is 14.3. The molecule has 5 aromatic rings. The van der Waals surface area contributed by atoms with Crippen LogP contribution < -0.4 is 21.2 Å². The number of imide groups is 1. The molecule has 9 rings (SSSR count). The van der Waals surface area contributed by atoms with Crippen molar-refractivity contribution in [2.45, 2.75) is 83.1 Å². The van der Waals surface area contributed by atoms with Gasteiger partial charge in [-0.05, 0) is 70.1 Å². The number of anilines is 2. The number of carbonyl (C=O) groups excluding carboxylic acids is 3. The zero-order valence-corrected chi connectivity index (χ0v) is 35.7. The van der Waals surface area contributed by atoms with E-state index in [0.717, 1.165) is 58.4 Å². The first-order valence-electron chi connectivity index (χ1n) is 21.8. The van der Waals surface area contributed by atoms with Crippen molar-refractivity contribution in [2.24, 2.45) is 13.0 Å². The molecule has 1 aliphatic carbocycles. The summed E-state index contributed by atoms with van der Waals surface area (Å²) in [4.78, 5) is 62.8. The van der Waals surface area contributed by atoms with Crippen LogP contribution in [0.5, 0.6) is 0 Å². The predicted molar refractivity (Wildman–Crippen MR) is 230 cm³/mol. The lowest BCUT2D eigenvalue weighted by Crippen LogP contribution is -2.48. The Balaban J connectivity index is 0.770. The lowest BCUT2D eigenvalue weighted by atomic mass is 9.85. The van der Waals surface area contributed by atoms with Gasteiger partial charge in [0.1, 0.15) is 17.4 Å². The average Bonchev–Trinajstić information content (AvgIpc) is 3.96. The molecular weight excluding hydrogens is 815 g/mol. The second-order valence-electron chi connectivity index (χ2n) is 17.3. The van der Waals surface area contributed by atoms with Gasteiger partial charge in [-0.3, -0.25) is 38.4 Å². The normalized spacial score (nSPS) is 23.9. The summed E-state index contributed by atoms with van der Waals surface area (Å²) in [6, 6.07) is 6.55. The number of aromatic nitrogens is 7. The first kappa shape index (κ1) is 42.3. The van der Waals surface area contributed by atoms with Gasteiger partial charge in [0.25, 0.3) is 12.3 Å². The molecule has 3 atom stereocenters. The Labute approximate surface area is 362 Å². The van der Waals surface area contributed by atoms with Crippen LogP contribution in [0.15, 0.2) is 47.7 Å². The van der Waals surface area contributed by atoms with Crippen molar-refractivity contribution in [3.05, 3.63) is 70.2 Å². The van der Waals surface area contributed by atoms with Gasteiger partial charge < -0.3 is 19.9 Å². The van der Waals surface area contributed by atoms with Crippen molar-refractivity contribution in [1.82, 2.24) is 48.6 Å². The number of piperidine rings is 1. The Morgan fingerprint density at radius 3 is 2.48 bits per heavy atom. The standard InChI is InChI=1S/C44H52F2N12O5/c1-27-23-55(24-28(2)63-27)36-15-17-56-41(49-36)32(22-47-56)42(60)48-33-26-57(51-38(33)40(45)46)31-11-9-29(10-12-31)25-54-20-18-53(19-21-54)16-5-7-30-6-4-8-34-39(30)52(3)44(62)58(34)35-13-14-37(59)50-43(35)61/h4,6,8,15,17,22,26-29,31,35,40H,9-14,16,18-21,23-25H2,1-3H3,(H,48,60)(H,50,59,61). The molecule has 3 saturated heterocycles. The van der Waals surface area contributed by atoms with Gasteiger partial charge in [-0.25, -0.2) is 23.1 Å². The second kappa shape index (κ2) is 17.7. The summed E-state index contributed by atoms with van der Waals surface area (Å²) < 4.78 is 40.6. The van der Waals surface area contributed by atoms with Crippen LogP contribution in [0.3, 0.4) is 0 Å². The molecule has 1 saturated carbocycles. The summed E-state index contributed by atoms with van der Waals surface area (Å²) >= 11 is 0. The van der Waals surface area contributed by atoms with E-state index in [-0.39, 0.29) is 53.9 Å². The SMILES string of the molecule is CC1CN(c2ccn3ncc(C(=O)Nc4cn(C5CCC(CN6CCN(CC#Cc7cccc8c7n(C)c(=O)n8C7CCC(=O)NC7=O)CC6)CC5)nc4C(F)F)c3n2)CC(C)O1. The van der Waals surface area contributed by atoms with Gasteiger partial charge in [-0.15, -0.1) is 0 Å². The monoisotopic (exact) mass is 866 g/mol. The third-order valence-corrected chi connectivity index (χ3v) is 12.9. The number of hydrogen-bond donors (Lipinski definition) is 2. The van der Waals surface area contributed by atoms with Crippen LogP contribution in [0, 0.1) is 17.8 Å². The number of nitrogens with one attached hydrogen (secondary N) is 2. The third kappa shape index (κ3) is 8.71. The minimum Gasteiger partial charge on any atom is -0.372 e. The maximum Gasteiger partial charge on any atom is 0.329 e. The molecule has 4 aromatic heterocycles. The minimum absolute atomic E-state index is 0.0162. The lowest BCUT2D eigenvalue weighted by molar-refractivity contribution is -0.135. The molecule has 0 bridgehead atoms. The van der Waals surface area contributed by atoms with Crippen LogP contribution in [0.2, 0.25) is 0 Å². The van der Waals surface area contributed by atoms with Crippen LogP contribution in [0.25, 0.3) is 16.7 Å². The quantitative estimate of drug-likeness (QED) is 0.164. The maximum absolute atomic E-state index is 14.3. The number of ether oxygens (including phenoxy) is 1. The first-order valence-corrected chi connectivity index (χ1v) is 21.8. The number of imidazole rings is 1. The van der Waals surface area contributed by atoms with E-state index in [0.29, 0.717) is 53.6 Å². The average molecular weight is 867 g/mol. The van der Waals surface area contributed by atoms with E-state index >= 15 is 0 Å². The molecule has 0 radical (unpaired) electrons. The fraction of sp³-hybridized carbons (Fsp3) is 0.523. The van der Waals surface area contributed by atoms with Gasteiger partial charge in [-0.2, -0.15) is 10.2 Å². The van der Waals surface area contributed by atoms with E-state index in [9.17, 15) is 28.0 Å². The molecule has 1 aromatic carbocycles. The molecule has 7 heterocycles. The third-order valence-electron chi connectivity index (χ3n) is 12.9. The Kier molecular flexibility index (Phi) is 11.9.